The minimum absolute atomic E-state index is 0.0946. The number of carbonyl (C=O) groups excluding carboxylic acids is 1. The first kappa shape index (κ1) is 18.7. The lowest BCUT2D eigenvalue weighted by Crippen LogP contribution is -2.55. The maximum absolute atomic E-state index is 11.8. The number of aromatic nitrogens is 2. The van der Waals surface area contributed by atoms with Crippen molar-refractivity contribution in [3.8, 4) is 5.69 Å². The van der Waals surface area contributed by atoms with E-state index in [0.717, 1.165) is 36.7 Å². The summed E-state index contributed by atoms with van der Waals surface area (Å²) < 4.78 is 1.98. The molecule has 2 aliphatic rings. The van der Waals surface area contributed by atoms with Gasteiger partial charge in [-0.3, -0.25) is 14.5 Å². The molecule has 2 aromatic rings. The molecule has 0 bridgehead atoms. The largest absolute Gasteiger partial charge is 0.481 e. The van der Waals surface area contributed by atoms with Gasteiger partial charge in [0.25, 0.3) is 0 Å². The Hall–Kier alpha value is -2.67. The second-order valence-corrected chi connectivity index (χ2v) is 7.97. The predicted octanol–water partition coefficient (Wildman–Crippen LogP) is 2.04. The van der Waals surface area contributed by atoms with E-state index >= 15 is 0 Å². The number of likely N-dealkylation sites (tertiary alicyclic amines) is 1. The molecule has 28 heavy (non-hydrogen) atoms. The van der Waals surface area contributed by atoms with E-state index in [1.807, 2.05) is 41.9 Å². The van der Waals surface area contributed by atoms with Crippen LogP contribution in [-0.4, -0.2) is 50.3 Å². The molecule has 1 amide bonds. The van der Waals surface area contributed by atoms with Crippen molar-refractivity contribution in [2.24, 2.45) is 5.92 Å². The molecule has 3 heterocycles. The number of carboxylic acids is 1. The van der Waals surface area contributed by atoms with Crippen LogP contribution in [-0.2, 0) is 16.1 Å². The molecule has 1 atom stereocenters. The van der Waals surface area contributed by atoms with Gasteiger partial charge < -0.3 is 10.4 Å². The van der Waals surface area contributed by atoms with Crippen molar-refractivity contribution in [1.29, 1.82) is 0 Å². The van der Waals surface area contributed by atoms with E-state index in [9.17, 15) is 14.7 Å². The molecular weight excluding hydrogens is 356 g/mol. The number of benzene rings is 1. The Morgan fingerprint density at radius 1 is 1.25 bits per heavy atom. The van der Waals surface area contributed by atoms with Gasteiger partial charge in [-0.25, -0.2) is 4.68 Å². The summed E-state index contributed by atoms with van der Waals surface area (Å²) in [6, 6.07) is 10.1. The molecule has 148 valence electrons. The van der Waals surface area contributed by atoms with E-state index in [2.05, 4.69) is 17.1 Å². The summed E-state index contributed by atoms with van der Waals surface area (Å²) >= 11 is 0. The van der Waals surface area contributed by atoms with Crippen molar-refractivity contribution >= 4 is 11.9 Å². The lowest BCUT2D eigenvalue weighted by molar-refractivity contribution is -0.144. The molecule has 1 aromatic heterocycles. The zero-order valence-corrected chi connectivity index (χ0v) is 16.3. The van der Waals surface area contributed by atoms with Crippen LogP contribution in [0.3, 0.4) is 0 Å². The first-order chi connectivity index (χ1) is 13.4. The number of aryl methyl sites for hydroxylation is 1. The van der Waals surface area contributed by atoms with Crippen LogP contribution in [0.4, 0.5) is 0 Å². The van der Waals surface area contributed by atoms with Crippen LogP contribution in [0.5, 0.6) is 0 Å². The maximum Gasteiger partial charge on any atom is 0.309 e. The third-order valence-electron chi connectivity index (χ3n) is 6.31. The zero-order valence-electron chi connectivity index (χ0n) is 16.3. The van der Waals surface area contributed by atoms with Crippen LogP contribution in [0.25, 0.3) is 5.69 Å². The number of amides is 1. The van der Waals surface area contributed by atoms with Crippen molar-refractivity contribution in [2.75, 3.05) is 13.1 Å². The van der Waals surface area contributed by atoms with Crippen molar-refractivity contribution in [2.45, 2.75) is 45.2 Å². The third-order valence-corrected chi connectivity index (χ3v) is 6.31. The molecule has 1 unspecified atom stereocenters. The fourth-order valence-electron chi connectivity index (χ4n) is 4.65. The number of hydrogen-bond donors (Lipinski definition) is 2. The SMILES string of the molecule is Cc1nn(-c2ccccc2)c(C)c1CN1CCC2(CC1)NC(=O)CC2C(=O)O. The Bertz CT molecular complexity index is 898. The minimum Gasteiger partial charge on any atom is -0.481 e. The topological polar surface area (TPSA) is 87.5 Å². The van der Waals surface area contributed by atoms with Gasteiger partial charge in [-0.15, -0.1) is 0 Å². The molecule has 7 heteroatoms. The van der Waals surface area contributed by atoms with Crippen molar-refractivity contribution in [1.82, 2.24) is 20.0 Å². The quantitative estimate of drug-likeness (QED) is 0.845. The van der Waals surface area contributed by atoms with E-state index in [0.29, 0.717) is 12.8 Å². The Kier molecular flexibility index (Phi) is 4.71. The van der Waals surface area contributed by atoms with Crippen molar-refractivity contribution < 1.29 is 14.7 Å². The monoisotopic (exact) mass is 382 g/mol. The van der Waals surface area contributed by atoms with Gasteiger partial charge in [-0.05, 0) is 38.8 Å². The molecule has 2 N–H and O–H groups in total. The highest BCUT2D eigenvalue weighted by molar-refractivity contribution is 5.88. The van der Waals surface area contributed by atoms with Gasteiger partial charge in [0.05, 0.1) is 22.8 Å². The average Bonchev–Trinajstić information content (AvgIpc) is 3.15. The summed E-state index contributed by atoms with van der Waals surface area (Å²) in [7, 11) is 0. The second-order valence-electron chi connectivity index (χ2n) is 7.97. The Labute approximate surface area is 164 Å². The molecule has 0 saturated carbocycles. The van der Waals surface area contributed by atoms with E-state index in [4.69, 9.17) is 5.10 Å². The number of carbonyl (C=O) groups is 2. The summed E-state index contributed by atoms with van der Waals surface area (Å²) in [6.07, 6.45) is 1.43. The molecule has 4 rings (SSSR count). The van der Waals surface area contributed by atoms with E-state index < -0.39 is 17.4 Å². The third kappa shape index (κ3) is 3.20. The average molecular weight is 382 g/mol. The molecule has 1 aromatic carbocycles. The summed E-state index contributed by atoms with van der Waals surface area (Å²) in [4.78, 5) is 25.8. The molecule has 0 radical (unpaired) electrons. The molecule has 0 aliphatic carbocycles. The fraction of sp³-hybridized carbons (Fsp3) is 0.476. The standard InChI is InChI=1S/C21H26N4O3/c1-14-17(15(2)25(23-14)16-6-4-3-5-7-16)13-24-10-8-21(9-11-24)18(20(27)28)12-19(26)22-21/h3-7,18H,8-13H2,1-2H3,(H,22,26)(H,27,28). The number of piperidine rings is 1. The van der Waals surface area contributed by atoms with Crippen LogP contribution >= 0.6 is 0 Å². The highest BCUT2D eigenvalue weighted by atomic mass is 16.4. The number of carboxylic acid groups (broad SMARTS) is 1. The number of nitrogens with zero attached hydrogens (tertiary/aromatic N) is 3. The Morgan fingerprint density at radius 3 is 2.57 bits per heavy atom. The summed E-state index contributed by atoms with van der Waals surface area (Å²) in [5.41, 5.74) is 3.81. The van der Waals surface area contributed by atoms with Crippen LogP contribution in [0.15, 0.2) is 30.3 Å². The van der Waals surface area contributed by atoms with Crippen LogP contribution in [0, 0.1) is 19.8 Å². The highest BCUT2D eigenvalue weighted by Crippen LogP contribution is 2.37. The molecule has 1 spiro atoms. The lowest BCUT2D eigenvalue weighted by atomic mass is 9.77. The van der Waals surface area contributed by atoms with Gasteiger partial charge >= 0.3 is 5.97 Å². The number of hydrogen-bond acceptors (Lipinski definition) is 4. The van der Waals surface area contributed by atoms with Gasteiger partial charge in [0, 0.05) is 37.3 Å². The van der Waals surface area contributed by atoms with Gasteiger partial charge in [-0.1, -0.05) is 18.2 Å². The minimum atomic E-state index is -0.873. The molecule has 7 nitrogen and oxygen atoms in total. The number of nitrogens with one attached hydrogen (secondary N) is 1. The van der Waals surface area contributed by atoms with Crippen molar-refractivity contribution in [3.63, 3.8) is 0 Å². The number of rotatable bonds is 4. The van der Waals surface area contributed by atoms with E-state index in [-0.39, 0.29) is 12.3 Å². The number of aliphatic carboxylic acids is 1. The van der Waals surface area contributed by atoms with Gasteiger partial charge in [0.1, 0.15) is 0 Å². The normalized spacial score (nSPS) is 21.8. The molecule has 2 fully saturated rings. The Morgan fingerprint density at radius 2 is 1.93 bits per heavy atom. The van der Waals surface area contributed by atoms with E-state index in [1.165, 1.54) is 5.56 Å². The molecule has 2 aliphatic heterocycles. The van der Waals surface area contributed by atoms with Crippen molar-refractivity contribution in [3.05, 3.63) is 47.3 Å². The summed E-state index contributed by atoms with van der Waals surface area (Å²) in [6.45, 7) is 6.43. The van der Waals surface area contributed by atoms with Gasteiger partial charge in [0.2, 0.25) is 5.91 Å². The molecular formula is C21H26N4O3. The smallest absolute Gasteiger partial charge is 0.309 e. The number of para-hydroxylation sites is 1. The van der Waals surface area contributed by atoms with Crippen LogP contribution in [0.1, 0.15) is 36.2 Å². The summed E-state index contributed by atoms with van der Waals surface area (Å²) in [5.74, 6) is -1.63. The fourth-order valence-corrected chi connectivity index (χ4v) is 4.65. The predicted molar refractivity (Wildman–Crippen MR) is 104 cm³/mol. The van der Waals surface area contributed by atoms with Gasteiger partial charge in [-0.2, -0.15) is 5.10 Å². The van der Waals surface area contributed by atoms with E-state index in [1.54, 1.807) is 0 Å². The Balaban J connectivity index is 1.48. The lowest BCUT2D eigenvalue weighted by Gasteiger charge is -2.41. The maximum atomic E-state index is 11.8. The van der Waals surface area contributed by atoms with Crippen LogP contribution < -0.4 is 5.32 Å². The highest BCUT2D eigenvalue weighted by Gasteiger charge is 2.51. The van der Waals surface area contributed by atoms with Gasteiger partial charge in [0.15, 0.2) is 0 Å². The second kappa shape index (κ2) is 7.05. The van der Waals surface area contributed by atoms with Crippen LogP contribution in [0.2, 0.25) is 0 Å². The zero-order chi connectivity index (χ0) is 19.9. The molecule has 2 saturated heterocycles. The first-order valence-electron chi connectivity index (χ1n) is 9.76. The summed E-state index contributed by atoms with van der Waals surface area (Å²) in [5, 5.41) is 17.2. The first-order valence-corrected chi connectivity index (χ1v) is 9.76.